The lowest BCUT2D eigenvalue weighted by atomic mass is 10.1. The molecule has 2 amide bonds. The van der Waals surface area contributed by atoms with Gasteiger partial charge in [0, 0.05) is 25.7 Å². The molecule has 0 saturated carbocycles. The molecule has 1 aromatic rings. The Labute approximate surface area is 151 Å². The predicted molar refractivity (Wildman–Crippen MR) is 92.7 cm³/mol. The van der Waals surface area contributed by atoms with Crippen LogP contribution in [0.4, 0.5) is 5.69 Å². The number of sulfonamides is 1. The van der Waals surface area contributed by atoms with Crippen molar-refractivity contribution in [1.82, 2.24) is 9.62 Å². The van der Waals surface area contributed by atoms with Crippen LogP contribution in [0.3, 0.4) is 0 Å². The van der Waals surface area contributed by atoms with E-state index in [2.05, 4.69) is 10.6 Å². The molecule has 0 spiro atoms. The molecule has 2 rings (SSSR count). The van der Waals surface area contributed by atoms with Crippen LogP contribution in [-0.2, 0) is 29.1 Å². The Morgan fingerprint density at radius 2 is 1.96 bits per heavy atom. The van der Waals surface area contributed by atoms with Gasteiger partial charge in [0.25, 0.3) is 0 Å². The molecule has 1 atom stereocenters. The molecule has 0 aliphatic carbocycles. The predicted octanol–water partition coefficient (Wildman–Crippen LogP) is 0.0873. The van der Waals surface area contributed by atoms with Gasteiger partial charge in [-0.3, -0.25) is 14.4 Å². The number of hydrogen-bond donors (Lipinski definition) is 2. The summed E-state index contributed by atoms with van der Waals surface area (Å²) in [6.07, 6.45) is -0.358. The lowest BCUT2D eigenvalue weighted by molar-refractivity contribution is -0.146. The van der Waals surface area contributed by atoms with Crippen LogP contribution in [-0.4, -0.2) is 56.2 Å². The molecule has 1 fully saturated rings. The van der Waals surface area contributed by atoms with Crippen molar-refractivity contribution < 1.29 is 27.5 Å². The number of esters is 1. The average Bonchev–Trinajstić information content (AvgIpc) is 2.56. The van der Waals surface area contributed by atoms with E-state index in [-0.39, 0.29) is 36.9 Å². The Bertz CT molecular complexity index is 791. The topological polar surface area (TPSA) is 122 Å². The van der Waals surface area contributed by atoms with E-state index in [0.29, 0.717) is 5.69 Å². The second kappa shape index (κ2) is 8.28. The summed E-state index contributed by atoms with van der Waals surface area (Å²) in [5.41, 5.74) is 0.455. The first kappa shape index (κ1) is 19.9. The van der Waals surface area contributed by atoms with Crippen molar-refractivity contribution in [3.8, 4) is 0 Å². The highest BCUT2D eigenvalue weighted by Crippen LogP contribution is 2.23. The fourth-order valence-electron chi connectivity index (χ4n) is 2.60. The second-order valence-electron chi connectivity index (χ2n) is 5.64. The highest BCUT2D eigenvalue weighted by molar-refractivity contribution is 7.89. The van der Waals surface area contributed by atoms with Crippen LogP contribution in [0, 0.1) is 0 Å². The van der Waals surface area contributed by atoms with E-state index in [1.54, 1.807) is 6.92 Å². The smallest absolute Gasteiger partial charge is 0.307 e. The molecule has 0 aromatic heterocycles. The summed E-state index contributed by atoms with van der Waals surface area (Å²) in [5, 5.41) is 5.11. The van der Waals surface area contributed by atoms with E-state index in [9.17, 15) is 22.8 Å². The third-order valence-electron chi connectivity index (χ3n) is 3.73. The minimum absolute atomic E-state index is 0.0323. The minimum Gasteiger partial charge on any atom is -0.466 e. The van der Waals surface area contributed by atoms with Crippen LogP contribution in [0.2, 0.25) is 0 Å². The molecule has 9 nitrogen and oxygen atoms in total. The first-order chi connectivity index (χ1) is 12.3. The maximum Gasteiger partial charge on any atom is 0.307 e. The van der Waals surface area contributed by atoms with Gasteiger partial charge in [-0.25, -0.2) is 8.42 Å². The third kappa shape index (κ3) is 4.58. The lowest BCUT2D eigenvalue weighted by Gasteiger charge is -2.33. The SMILES string of the molecule is CCOC(=O)C[C@@H]1C(=O)NCCN1S(=O)(=O)c1ccc(NC(C)=O)cc1. The normalized spacial score (nSPS) is 18.1. The van der Waals surface area contributed by atoms with Crippen molar-refractivity contribution >= 4 is 33.5 Å². The number of nitrogens with zero attached hydrogens (tertiary/aromatic N) is 1. The van der Waals surface area contributed by atoms with Gasteiger partial charge < -0.3 is 15.4 Å². The van der Waals surface area contributed by atoms with Gasteiger partial charge in [-0.05, 0) is 31.2 Å². The highest BCUT2D eigenvalue weighted by Gasteiger charge is 2.39. The number of amides is 2. The molecule has 26 heavy (non-hydrogen) atoms. The lowest BCUT2D eigenvalue weighted by Crippen LogP contribution is -2.57. The monoisotopic (exact) mass is 383 g/mol. The molecular weight excluding hydrogens is 362 g/mol. The van der Waals surface area contributed by atoms with Crippen molar-refractivity contribution in [2.75, 3.05) is 25.0 Å². The molecule has 10 heteroatoms. The Morgan fingerprint density at radius 1 is 1.31 bits per heavy atom. The van der Waals surface area contributed by atoms with Gasteiger partial charge in [-0.15, -0.1) is 0 Å². The van der Waals surface area contributed by atoms with Crippen molar-refractivity contribution in [3.63, 3.8) is 0 Å². The number of nitrogens with one attached hydrogen (secondary N) is 2. The number of hydrogen-bond acceptors (Lipinski definition) is 6. The summed E-state index contributed by atoms with van der Waals surface area (Å²) in [6.45, 7) is 3.32. The molecule has 1 saturated heterocycles. The van der Waals surface area contributed by atoms with Gasteiger partial charge in [0.1, 0.15) is 6.04 Å². The molecule has 0 bridgehead atoms. The van der Waals surface area contributed by atoms with E-state index >= 15 is 0 Å². The number of carbonyl (C=O) groups excluding carboxylic acids is 3. The Kier molecular flexibility index (Phi) is 6.32. The quantitative estimate of drug-likeness (QED) is 0.671. The number of benzene rings is 1. The van der Waals surface area contributed by atoms with Gasteiger partial charge in [-0.1, -0.05) is 0 Å². The standard InChI is InChI=1S/C16H21N3O6S/c1-3-25-15(21)10-14-16(22)17-8-9-19(14)26(23,24)13-6-4-12(5-7-13)18-11(2)20/h4-7,14H,3,8-10H2,1-2H3,(H,17,22)(H,18,20)/t14-/m1/s1. The maximum atomic E-state index is 12.9. The van der Waals surface area contributed by atoms with Gasteiger partial charge in [0.15, 0.2) is 0 Å². The van der Waals surface area contributed by atoms with E-state index in [1.807, 2.05) is 0 Å². The fraction of sp³-hybridized carbons (Fsp3) is 0.438. The minimum atomic E-state index is -4.00. The fourth-order valence-corrected chi connectivity index (χ4v) is 4.19. The largest absolute Gasteiger partial charge is 0.466 e. The number of rotatable bonds is 6. The Hall–Kier alpha value is -2.46. The maximum absolute atomic E-state index is 12.9. The van der Waals surface area contributed by atoms with E-state index in [1.165, 1.54) is 31.2 Å². The summed E-state index contributed by atoms with van der Waals surface area (Å²) >= 11 is 0. The van der Waals surface area contributed by atoms with Crippen LogP contribution in [0.5, 0.6) is 0 Å². The van der Waals surface area contributed by atoms with Crippen LogP contribution >= 0.6 is 0 Å². The number of piperazine rings is 1. The molecule has 1 aliphatic rings. The summed E-state index contributed by atoms with van der Waals surface area (Å²) in [6, 6.07) is 4.43. The van der Waals surface area contributed by atoms with Crippen molar-refractivity contribution in [2.24, 2.45) is 0 Å². The summed E-state index contributed by atoms with van der Waals surface area (Å²) in [4.78, 5) is 34.9. The number of ether oxygens (including phenoxy) is 1. The highest BCUT2D eigenvalue weighted by atomic mass is 32.2. The van der Waals surface area contributed by atoms with E-state index in [4.69, 9.17) is 4.74 Å². The molecule has 142 valence electrons. The molecule has 0 radical (unpaired) electrons. The van der Waals surface area contributed by atoms with Crippen molar-refractivity contribution in [1.29, 1.82) is 0 Å². The molecule has 1 heterocycles. The van der Waals surface area contributed by atoms with Crippen LogP contribution < -0.4 is 10.6 Å². The summed E-state index contributed by atoms with van der Waals surface area (Å²) < 4.78 is 31.7. The van der Waals surface area contributed by atoms with E-state index < -0.39 is 27.9 Å². The van der Waals surface area contributed by atoms with Crippen molar-refractivity contribution in [3.05, 3.63) is 24.3 Å². The molecule has 1 aromatic carbocycles. The summed E-state index contributed by atoms with van der Waals surface area (Å²) in [7, 11) is -4.00. The number of anilines is 1. The zero-order chi connectivity index (χ0) is 19.3. The Morgan fingerprint density at radius 3 is 2.54 bits per heavy atom. The zero-order valence-electron chi connectivity index (χ0n) is 14.5. The van der Waals surface area contributed by atoms with Gasteiger partial charge in [0.2, 0.25) is 21.8 Å². The van der Waals surface area contributed by atoms with Crippen LogP contribution in [0.1, 0.15) is 20.3 Å². The van der Waals surface area contributed by atoms with Gasteiger partial charge in [0.05, 0.1) is 17.9 Å². The van der Waals surface area contributed by atoms with Crippen molar-refractivity contribution in [2.45, 2.75) is 31.2 Å². The first-order valence-corrected chi connectivity index (χ1v) is 9.52. The molecule has 0 unspecified atom stereocenters. The second-order valence-corrected chi connectivity index (χ2v) is 7.53. The molecule has 2 N–H and O–H groups in total. The van der Waals surface area contributed by atoms with Gasteiger partial charge in [-0.2, -0.15) is 4.31 Å². The first-order valence-electron chi connectivity index (χ1n) is 8.08. The van der Waals surface area contributed by atoms with Crippen LogP contribution in [0.25, 0.3) is 0 Å². The summed E-state index contributed by atoms with van der Waals surface area (Å²) in [5.74, 6) is -1.46. The average molecular weight is 383 g/mol. The molecular formula is C16H21N3O6S. The third-order valence-corrected chi connectivity index (χ3v) is 5.65. The molecule has 1 aliphatic heterocycles. The van der Waals surface area contributed by atoms with E-state index in [0.717, 1.165) is 4.31 Å². The Balaban J connectivity index is 2.27. The van der Waals surface area contributed by atoms with Gasteiger partial charge >= 0.3 is 5.97 Å². The van der Waals surface area contributed by atoms with Crippen LogP contribution in [0.15, 0.2) is 29.2 Å². The number of carbonyl (C=O) groups is 3. The zero-order valence-corrected chi connectivity index (χ0v) is 15.3.